The lowest BCUT2D eigenvalue weighted by atomic mass is 10.1. The monoisotopic (exact) mass is 463 g/mol. The predicted molar refractivity (Wildman–Crippen MR) is 114 cm³/mol. The van der Waals surface area contributed by atoms with Crippen LogP contribution >= 0.6 is 22.9 Å². The van der Waals surface area contributed by atoms with Crippen molar-refractivity contribution >= 4 is 44.7 Å². The molecule has 2 aromatic carbocycles. The van der Waals surface area contributed by atoms with Crippen LogP contribution in [0.15, 0.2) is 65.0 Å². The van der Waals surface area contributed by atoms with E-state index in [9.17, 15) is 22.8 Å². The maximum atomic E-state index is 13.2. The van der Waals surface area contributed by atoms with E-state index in [1.54, 1.807) is 0 Å². The lowest BCUT2D eigenvalue weighted by Crippen LogP contribution is -2.28. The highest BCUT2D eigenvalue weighted by molar-refractivity contribution is 7.17. The first-order valence-corrected chi connectivity index (χ1v) is 10.2. The van der Waals surface area contributed by atoms with Crippen LogP contribution in [-0.2, 0) is 17.5 Å². The number of amides is 1. The first kappa shape index (κ1) is 21.1. The molecule has 10 heteroatoms. The highest BCUT2D eigenvalue weighted by atomic mass is 35.5. The van der Waals surface area contributed by atoms with Crippen molar-refractivity contribution in [3.8, 4) is 11.1 Å². The fourth-order valence-corrected chi connectivity index (χ4v) is 4.19. The van der Waals surface area contributed by atoms with Gasteiger partial charge in [0.05, 0.1) is 23.0 Å². The maximum absolute atomic E-state index is 13.2. The van der Waals surface area contributed by atoms with Crippen LogP contribution in [0.2, 0.25) is 5.02 Å². The van der Waals surface area contributed by atoms with Gasteiger partial charge in [-0.2, -0.15) is 13.2 Å². The Morgan fingerprint density at radius 1 is 1.16 bits per heavy atom. The Morgan fingerprint density at radius 3 is 2.61 bits per heavy atom. The molecule has 2 aromatic heterocycles. The zero-order valence-corrected chi connectivity index (χ0v) is 17.2. The van der Waals surface area contributed by atoms with Crippen LogP contribution in [0.4, 0.5) is 18.9 Å². The molecule has 4 rings (SSSR count). The summed E-state index contributed by atoms with van der Waals surface area (Å²) in [6.07, 6.45) is -3.49. The van der Waals surface area contributed by atoms with E-state index in [1.165, 1.54) is 23.7 Å². The Morgan fingerprint density at radius 2 is 1.90 bits per heavy atom. The van der Waals surface area contributed by atoms with Gasteiger partial charge in [-0.15, -0.1) is 11.3 Å². The van der Waals surface area contributed by atoms with Gasteiger partial charge in [-0.05, 0) is 23.8 Å². The summed E-state index contributed by atoms with van der Waals surface area (Å²) in [6.45, 7) is -0.494. The van der Waals surface area contributed by atoms with E-state index in [-0.39, 0.29) is 5.02 Å². The Bertz CT molecular complexity index is 1330. The summed E-state index contributed by atoms with van der Waals surface area (Å²) in [5, 5.41) is 4.26. The summed E-state index contributed by atoms with van der Waals surface area (Å²) in [7, 11) is 0. The van der Waals surface area contributed by atoms with Crippen molar-refractivity contribution in [2.45, 2.75) is 12.7 Å². The number of fused-ring (bicyclic) bond motifs is 1. The molecule has 0 bridgehead atoms. The number of carbonyl (C=O) groups excluding carboxylic acids is 1. The zero-order chi connectivity index (χ0) is 22.2. The highest BCUT2D eigenvalue weighted by Gasteiger charge is 2.34. The number of nitrogens with one attached hydrogen (secondary N) is 1. The van der Waals surface area contributed by atoms with Crippen LogP contribution in [-0.4, -0.2) is 15.5 Å². The summed E-state index contributed by atoms with van der Waals surface area (Å²) < 4.78 is 40.8. The fraction of sp³-hybridized carbons (Fsp3) is 0.0952. The van der Waals surface area contributed by atoms with Gasteiger partial charge in [0, 0.05) is 16.0 Å². The standard InChI is InChI=1S/C21H13ClF3N3O2S/c22-13-6-7-16(15(8-13)21(23,24)25)27-17(29)9-28-11-26-19-18(20(28)30)14(10-31-19)12-4-2-1-3-5-12/h1-8,10-11H,9H2,(H,27,29). The van der Waals surface area contributed by atoms with Crippen molar-refractivity contribution < 1.29 is 18.0 Å². The second-order valence-corrected chi connectivity index (χ2v) is 7.90. The fourth-order valence-electron chi connectivity index (χ4n) is 3.11. The van der Waals surface area contributed by atoms with Crippen LogP contribution < -0.4 is 10.9 Å². The lowest BCUT2D eigenvalue weighted by Gasteiger charge is -2.14. The largest absolute Gasteiger partial charge is 0.418 e. The summed E-state index contributed by atoms with van der Waals surface area (Å²) in [5.74, 6) is -0.799. The normalized spacial score (nSPS) is 11.6. The van der Waals surface area contributed by atoms with Gasteiger partial charge in [0.1, 0.15) is 11.4 Å². The van der Waals surface area contributed by atoms with E-state index in [1.807, 2.05) is 35.7 Å². The molecule has 158 valence electrons. The predicted octanol–water partition coefficient (Wildman–Crippen LogP) is 5.44. The van der Waals surface area contributed by atoms with Gasteiger partial charge in [-0.3, -0.25) is 14.2 Å². The van der Waals surface area contributed by atoms with Crippen molar-refractivity contribution in [1.29, 1.82) is 0 Å². The average molecular weight is 464 g/mol. The molecule has 0 unspecified atom stereocenters. The number of aromatic nitrogens is 2. The Balaban J connectivity index is 1.65. The first-order valence-electron chi connectivity index (χ1n) is 8.92. The van der Waals surface area contributed by atoms with E-state index >= 15 is 0 Å². The number of rotatable bonds is 4. The van der Waals surface area contributed by atoms with Gasteiger partial charge in [0.15, 0.2) is 0 Å². The molecule has 0 aliphatic rings. The molecule has 0 saturated carbocycles. The number of benzene rings is 2. The molecule has 0 fully saturated rings. The second-order valence-electron chi connectivity index (χ2n) is 6.61. The molecule has 0 radical (unpaired) electrons. The third kappa shape index (κ3) is 4.33. The highest BCUT2D eigenvalue weighted by Crippen LogP contribution is 2.36. The van der Waals surface area contributed by atoms with Gasteiger partial charge in [-0.1, -0.05) is 41.9 Å². The molecule has 0 atom stereocenters. The minimum Gasteiger partial charge on any atom is -0.324 e. The molecule has 5 nitrogen and oxygen atoms in total. The van der Waals surface area contributed by atoms with E-state index in [4.69, 9.17) is 11.6 Å². The van der Waals surface area contributed by atoms with Gasteiger partial charge in [-0.25, -0.2) is 4.98 Å². The molecule has 31 heavy (non-hydrogen) atoms. The topological polar surface area (TPSA) is 64.0 Å². The molecular weight excluding hydrogens is 451 g/mol. The summed E-state index contributed by atoms with van der Waals surface area (Å²) in [5.41, 5.74) is -0.453. The third-order valence-electron chi connectivity index (χ3n) is 4.52. The molecule has 0 spiro atoms. The van der Waals surface area contributed by atoms with Crippen molar-refractivity contribution in [3.05, 3.63) is 81.2 Å². The van der Waals surface area contributed by atoms with Crippen LogP contribution in [0.5, 0.6) is 0 Å². The van der Waals surface area contributed by atoms with Crippen LogP contribution in [0.3, 0.4) is 0 Å². The zero-order valence-electron chi connectivity index (χ0n) is 15.6. The van der Waals surface area contributed by atoms with E-state index in [0.29, 0.717) is 15.8 Å². The van der Waals surface area contributed by atoms with E-state index in [0.717, 1.165) is 22.3 Å². The number of halogens is 4. The summed E-state index contributed by atoms with van der Waals surface area (Å²) >= 11 is 6.95. The van der Waals surface area contributed by atoms with Gasteiger partial charge in [0.2, 0.25) is 5.91 Å². The molecule has 0 aliphatic heterocycles. The number of hydrogen-bond donors (Lipinski definition) is 1. The van der Waals surface area contributed by atoms with Crippen LogP contribution in [0, 0.1) is 0 Å². The van der Waals surface area contributed by atoms with Gasteiger partial charge in [0.25, 0.3) is 5.56 Å². The Kier molecular flexibility index (Phi) is 5.55. The van der Waals surface area contributed by atoms with Crippen LogP contribution in [0.25, 0.3) is 21.3 Å². The van der Waals surface area contributed by atoms with Crippen molar-refractivity contribution in [1.82, 2.24) is 9.55 Å². The van der Waals surface area contributed by atoms with Gasteiger partial charge >= 0.3 is 6.18 Å². The first-order chi connectivity index (χ1) is 14.7. The number of anilines is 1. The number of thiophene rings is 1. The Hall–Kier alpha value is -3.17. The van der Waals surface area contributed by atoms with Gasteiger partial charge < -0.3 is 5.32 Å². The summed E-state index contributed by atoms with van der Waals surface area (Å²) in [6, 6.07) is 12.3. The maximum Gasteiger partial charge on any atom is 0.418 e. The minimum absolute atomic E-state index is 0.109. The smallest absolute Gasteiger partial charge is 0.324 e. The molecule has 4 aromatic rings. The average Bonchev–Trinajstić information content (AvgIpc) is 3.16. The number of alkyl halides is 3. The molecule has 0 aliphatic carbocycles. The van der Waals surface area contributed by atoms with Crippen LogP contribution in [0.1, 0.15) is 5.56 Å². The molecule has 1 amide bonds. The van der Waals surface area contributed by atoms with Crippen molar-refractivity contribution in [3.63, 3.8) is 0 Å². The van der Waals surface area contributed by atoms with E-state index in [2.05, 4.69) is 10.3 Å². The third-order valence-corrected chi connectivity index (χ3v) is 5.64. The lowest BCUT2D eigenvalue weighted by molar-refractivity contribution is -0.137. The quantitative estimate of drug-likeness (QED) is 0.438. The Labute approximate surface area is 182 Å². The van der Waals surface area contributed by atoms with Crippen molar-refractivity contribution in [2.24, 2.45) is 0 Å². The molecule has 2 heterocycles. The number of hydrogen-bond acceptors (Lipinski definition) is 4. The molecular formula is C21H13ClF3N3O2S. The minimum atomic E-state index is -4.70. The number of nitrogens with zero attached hydrogens (tertiary/aromatic N) is 2. The van der Waals surface area contributed by atoms with Crippen molar-refractivity contribution in [2.75, 3.05) is 5.32 Å². The summed E-state index contributed by atoms with van der Waals surface area (Å²) in [4.78, 5) is 30.2. The second kappa shape index (κ2) is 8.16. The molecule has 1 N–H and O–H groups in total. The molecule has 0 saturated heterocycles. The van der Waals surface area contributed by atoms with E-state index < -0.39 is 35.4 Å². The SMILES string of the molecule is O=C(Cn1cnc2scc(-c3ccccc3)c2c1=O)Nc1ccc(Cl)cc1C(F)(F)F. The number of carbonyl (C=O) groups is 1.